The molecule has 0 N–H and O–H groups in total. The molecule has 1 aromatic heterocycles. The predicted molar refractivity (Wildman–Crippen MR) is 56.5 cm³/mol. The van der Waals surface area contributed by atoms with E-state index in [4.69, 9.17) is 4.42 Å². The molecule has 2 nitrogen and oxygen atoms in total. The molecule has 0 amide bonds. The van der Waals surface area contributed by atoms with Crippen LogP contribution in [-0.2, 0) is 6.42 Å². The Morgan fingerprint density at radius 3 is 3.00 bits per heavy atom. The molecule has 0 spiro atoms. The van der Waals surface area contributed by atoms with Crippen LogP contribution in [-0.4, -0.2) is 9.02 Å². The third-order valence-corrected chi connectivity index (χ3v) is 4.69. The number of halogens is 2. The van der Waals surface area contributed by atoms with Gasteiger partial charge in [0, 0.05) is 6.42 Å². The summed E-state index contributed by atoms with van der Waals surface area (Å²) in [5.41, 5.74) is 0.687. The Bertz CT molecular complexity index is 354. The number of hydrogen-bond acceptors (Lipinski definition) is 2. The normalized spacial score (nSPS) is 25.8. The van der Waals surface area contributed by atoms with Crippen molar-refractivity contribution in [3.8, 4) is 0 Å². The van der Waals surface area contributed by atoms with Gasteiger partial charge in [0.05, 0.1) is 11.8 Å². The van der Waals surface area contributed by atoms with Gasteiger partial charge in [-0.05, 0) is 12.0 Å². The fourth-order valence-corrected chi connectivity index (χ4v) is 2.26. The molecule has 0 radical (unpaired) electrons. The highest BCUT2D eigenvalue weighted by atomic mass is 79.9. The van der Waals surface area contributed by atoms with E-state index >= 15 is 0 Å². The lowest BCUT2D eigenvalue weighted by Crippen LogP contribution is -2.37. The Balaban J connectivity index is 2.52. The number of alkyl halides is 2. The summed E-state index contributed by atoms with van der Waals surface area (Å²) in [6, 6.07) is 1.72. The van der Waals surface area contributed by atoms with Crippen molar-refractivity contribution < 1.29 is 9.21 Å². The number of fused-ring (bicyclic) bond motifs is 1. The van der Waals surface area contributed by atoms with E-state index in [1.165, 1.54) is 0 Å². The van der Waals surface area contributed by atoms with E-state index in [0.29, 0.717) is 5.56 Å². The van der Waals surface area contributed by atoms with Crippen molar-refractivity contribution in [1.82, 2.24) is 0 Å². The highest BCUT2D eigenvalue weighted by Gasteiger charge is 2.44. The molecule has 1 heterocycles. The standard InChI is InChI=1S/C9H8Br2O2/c1-5-4-7-6(2-3-13-7)8(12)9(5,10)11/h2-3,5H,4H2,1H3. The third kappa shape index (κ3) is 1.31. The first-order valence-corrected chi connectivity index (χ1v) is 5.61. The van der Waals surface area contributed by atoms with Crippen LogP contribution in [0.4, 0.5) is 0 Å². The lowest BCUT2D eigenvalue weighted by molar-refractivity contribution is 0.0948. The van der Waals surface area contributed by atoms with Gasteiger partial charge in [-0.3, -0.25) is 4.79 Å². The molecule has 1 unspecified atom stereocenters. The van der Waals surface area contributed by atoms with Crippen molar-refractivity contribution in [3.05, 3.63) is 23.7 Å². The van der Waals surface area contributed by atoms with Crippen LogP contribution in [0.5, 0.6) is 0 Å². The monoisotopic (exact) mass is 306 g/mol. The first-order valence-electron chi connectivity index (χ1n) is 4.02. The smallest absolute Gasteiger partial charge is 0.193 e. The second-order valence-corrected chi connectivity index (χ2v) is 6.88. The zero-order valence-corrected chi connectivity index (χ0v) is 10.2. The maximum atomic E-state index is 11.9. The van der Waals surface area contributed by atoms with E-state index in [1.54, 1.807) is 12.3 Å². The van der Waals surface area contributed by atoms with E-state index in [9.17, 15) is 4.79 Å². The van der Waals surface area contributed by atoms with Crippen molar-refractivity contribution >= 4 is 37.6 Å². The Hall–Kier alpha value is -0.0900. The lowest BCUT2D eigenvalue weighted by atomic mass is 9.89. The molecule has 1 aliphatic rings. The molecule has 1 atom stereocenters. The van der Waals surface area contributed by atoms with Crippen molar-refractivity contribution in [2.75, 3.05) is 0 Å². The average molecular weight is 308 g/mol. The maximum Gasteiger partial charge on any atom is 0.193 e. The van der Waals surface area contributed by atoms with Crippen LogP contribution in [0.15, 0.2) is 16.7 Å². The second kappa shape index (κ2) is 2.95. The molecule has 70 valence electrons. The summed E-state index contributed by atoms with van der Waals surface area (Å²) in [5.74, 6) is 1.04. The molecule has 1 aliphatic carbocycles. The number of furan rings is 1. The summed E-state index contributed by atoms with van der Waals surface area (Å²) in [7, 11) is 0. The third-order valence-electron chi connectivity index (χ3n) is 2.40. The van der Waals surface area contributed by atoms with E-state index < -0.39 is 3.23 Å². The van der Waals surface area contributed by atoms with Gasteiger partial charge in [0.25, 0.3) is 0 Å². The molecule has 0 bridgehead atoms. The number of ketones is 1. The first-order chi connectivity index (χ1) is 6.03. The van der Waals surface area contributed by atoms with Gasteiger partial charge in [0.1, 0.15) is 8.99 Å². The van der Waals surface area contributed by atoms with Gasteiger partial charge in [-0.2, -0.15) is 0 Å². The Morgan fingerprint density at radius 2 is 2.31 bits per heavy atom. The van der Waals surface area contributed by atoms with Crippen molar-refractivity contribution in [2.24, 2.45) is 5.92 Å². The van der Waals surface area contributed by atoms with E-state index in [1.807, 2.05) is 6.92 Å². The van der Waals surface area contributed by atoms with Gasteiger partial charge in [-0.15, -0.1) is 0 Å². The maximum absolute atomic E-state index is 11.9. The first kappa shape index (κ1) is 9.46. The minimum atomic E-state index is -0.614. The number of rotatable bonds is 0. The largest absolute Gasteiger partial charge is 0.469 e. The van der Waals surface area contributed by atoms with E-state index in [2.05, 4.69) is 31.9 Å². The van der Waals surface area contributed by atoms with Gasteiger partial charge < -0.3 is 4.42 Å². The van der Waals surface area contributed by atoms with Crippen molar-refractivity contribution in [3.63, 3.8) is 0 Å². The van der Waals surface area contributed by atoms with Gasteiger partial charge in [-0.25, -0.2) is 0 Å². The van der Waals surface area contributed by atoms with Gasteiger partial charge in [-0.1, -0.05) is 38.8 Å². The molecule has 4 heteroatoms. The summed E-state index contributed by atoms with van der Waals surface area (Å²) in [4.78, 5) is 11.9. The summed E-state index contributed by atoms with van der Waals surface area (Å²) in [5, 5.41) is 0. The predicted octanol–water partition coefficient (Wildman–Crippen LogP) is 3.14. The van der Waals surface area contributed by atoms with Crippen LogP contribution in [0.25, 0.3) is 0 Å². The minimum Gasteiger partial charge on any atom is -0.469 e. The fourth-order valence-electron chi connectivity index (χ4n) is 1.51. The summed E-state index contributed by atoms with van der Waals surface area (Å²) in [6.07, 6.45) is 2.35. The zero-order valence-electron chi connectivity index (χ0n) is 7.01. The molecule has 0 saturated heterocycles. The van der Waals surface area contributed by atoms with Crippen LogP contribution in [0, 0.1) is 5.92 Å². The molecule has 0 saturated carbocycles. The lowest BCUT2D eigenvalue weighted by Gasteiger charge is -2.29. The number of hydrogen-bond donors (Lipinski definition) is 0. The molecule has 0 aromatic carbocycles. The van der Waals surface area contributed by atoms with Gasteiger partial charge in [0.2, 0.25) is 0 Å². The van der Waals surface area contributed by atoms with E-state index in [-0.39, 0.29) is 11.7 Å². The van der Waals surface area contributed by atoms with Crippen molar-refractivity contribution in [1.29, 1.82) is 0 Å². The van der Waals surface area contributed by atoms with Crippen LogP contribution >= 0.6 is 31.9 Å². The molecule has 2 rings (SSSR count). The van der Waals surface area contributed by atoms with Gasteiger partial charge in [0.15, 0.2) is 5.78 Å². The van der Waals surface area contributed by atoms with Crippen LogP contribution < -0.4 is 0 Å². The Labute approximate surface area is 92.9 Å². The van der Waals surface area contributed by atoms with Crippen LogP contribution in [0.3, 0.4) is 0 Å². The fraction of sp³-hybridized carbons (Fsp3) is 0.444. The highest BCUT2D eigenvalue weighted by Crippen LogP contribution is 2.44. The SMILES string of the molecule is CC1Cc2occc2C(=O)C1(Br)Br. The summed E-state index contributed by atoms with van der Waals surface area (Å²) < 4.78 is 4.61. The van der Waals surface area contributed by atoms with E-state index in [0.717, 1.165) is 12.2 Å². The Morgan fingerprint density at radius 1 is 1.62 bits per heavy atom. The molecule has 13 heavy (non-hydrogen) atoms. The highest BCUT2D eigenvalue weighted by molar-refractivity contribution is 9.26. The van der Waals surface area contributed by atoms with Crippen LogP contribution in [0.2, 0.25) is 0 Å². The van der Waals surface area contributed by atoms with Crippen LogP contribution in [0.1, 0.15) is 23.0 Å². The second-order valence-electron chi connectivity index (χ2n) is 3.31. The molecule has 1 aromatic rings. The zero-order chi connectivity index (χ0) is 9.64. The number of carbonyl (C=O) groups is 1. The number of Topliss-reactive ketones (excluding diaryl/α,β-unsaturated/α-hetero) is 1. The summed E-state index contributed by atoms with van der Waals surface area (Å²) in [6.45, 7) is 2.01. The van der Waals surface area contributed by atoms with Gasteiger partial charge >= 0.3 is 0 Å². The number of carbonyl (C=O) groups excluding carboxylic acids is 1. The van der Waals surface area contributed by atoms with Crippen molar-refractivity contribution in [2.45, 2.75) is 16.6 Å². The molecular weight excluding hydrogens is 300 g/mol. The quantitative estimate of drug-likeness (QED) is 0.689. The Kier molecular flexibility index (Phi) is 2.15. The molecular formula is C9H8Br2O2. The topological polar surface area (TPSA) is 30.2 Å². The minimum absolute atomic E-state index is 0.0509. The molecule has 0 aliphatic heterocycles. The summed E-state index contributed by atoms with van der Waals surface area (Å²) >= 11 is 6.81. The molecule has 0 fully saturated rings. The average Bonchev–Trinajstić information content (AvgIpc) is 2.49.